The molecule has 4 bridgehead atoms. The summed E-state index contributed by atoms with van der Waals surface area (Å²) in [4.78, 5) is 17.6. The Labute approximate surface area is 180 Å². The summed E-state index contributed by atoms with van der Waals surface area (Å²) >= 11 is 7.63. The average molecular weight is 429 g/mol. The molecule has 2 N–H and O–H groups in total. The highest BCUT2D eigenvalue weighted by atomic mass is 35.5. The van der Waals surface area contributed by atoms with Crippen LogP contribution in [0.15, 0.2) is 35.4 Å². The van der Waals surface area contributed by atoms with Crippen LogP contribution in [0.4, 0.5) is 10.8 Å². The molecule has 0 radical (unpaired) electrons. The Bertz CT molecular complexity index is 891. The molecule has 152 valence electrons. The summed E-state index contributed by atoms with van der Waals surface area (Å²) in [5.74, 6) is 2.57. The van der Waals surface area contributed by atoms with Crippen LogP contribution in [0.5, 0.6) is 0 Å². The van der Waals surface area contributed by atoms with Gasteiger partial charge in [0.05, 0.1) is 11.1 Å². The molecule has 4 aliphatic rings. The normalized spacial score (nSPS) is 30.0. The van der Waals surface area contributed by atoms with Crippen molar-refractivity contribution < 1.29 is 4.79 Å². The van der Waals surface area contributed by atoms with E-state index in [0.29, 0.717) is 16.7 Å². The lowest BCUT2D eigenvalue weighted by atomic mass is 9.49. The minimum atomic E-state index is 0.0199. The fourth-order valence-electron chi connectivity index (χ4n) is 6.14. The van der Waals surface area contributed by atoms with Gasteiger partial charge in [0.25, 0.3) is 0 Å². The second-order valence-corrected chi connectivity index (χ2v) is 10.4. The summed E-state index contributed by atoms with van der Waals surface area (Å²) < 4.78 is 0. The molecule has 29 heavy (non-hydrogen) atoms. The zero-order valence-electron chi connectivity index (χ0n) is 16.2. The van der Waals surface area contributed by atoms with Gasteiger partial charge in [-0.25, -0.2) is 10.4 Å². The number of amides is 1. The van der Waals surface area contributed by atoms with Gasteiger partial charge in [-0.3, -0.25) is 4.79 Å². The van der Waals surface area contributed by atoms with Crippen molar-refractivity contribution in [3.8, 4) is 0 Å². The molecule has 4 saturated carbocycles. The number of rotatable bonds is 6. The quantitative estimate of drug-likeness (QED) is 0.465. The van der Waals surface area contributed by atoms with Gasteiger partial charge in [-0.1, -0.05) is 41.1 Å². The third kappa shape index (κ3) is 4.19. The van der Waals surface area contributed by atoms with Crippen LogP contribution in [0.25, 0.3) is 0 Å². The molecule has 0 unspecified atom stereocenters. The number of thiazole rings is 1. The third-order valence-electron chi connectivity index (χ3n) is 6.71. The zero-order chi connectivity index (χ0) is 19.8. The number of hydrogen-bond acceptors (Lipinski definition) is 5. The molecular weight excluding hydrogens is 404 g/mol. The van der Waals surface area contributed by atoms with Crippen LogP contribution < -0.4 is 10.7 Å². The van der Waals surface area contributed by atoms with E-state index in [1.165, 1.54) is 49.9 Å². The Morgan fingerprint density at radius 2 is 1.83 bits per heavy atom. The number of nitrogens with zero attached hydrogens (tertiary/aromatic N) is 2. The fourth-order valence-corrected chi connectivity index (χ4v) is 7.19. The van der Waals surface area contributed by atoms with Crippen LogP contribution in [0, 0.1) is 23.2 Å². The number of para-hydroxylation sites is 1. The highest BCUT2D eigenvalue weighted by Crippen LogP contribution is 2.61. The number of hydrogen-bond donors (Lipinski definition) is 2. The Morgan fingerprint density at radius 3 is 2.48 bits per heavy atom. The van der Waals surface area contributed by atoms with Gasteiger partial charge in [0, 0.05) is 12.1 Å². The zero-order valence-corrected chi connectivity index (χ0v) is 17.8. The largest absolute Gasteiger partial charge is 0.331 e. The van der Waals surface area contributed by atoms with E-state index in [-0.39, 0.29) is 11.3 Å². The molecule has 4 fully saturated rings. The summed E-state index contributed by atoms with van der Waals surface area (Å²) in [6.07, 6.45) is 10.0. The Balaban J connectivity index is 1.18. The van der Waals surface area contributed by atoms with Crippen molar-refractivity contribution in [2.24, 2.45) is 28.3 Å². The number of benzene rings is 1. The summed E-state index contributed by atoms with van der Waals surface area (Å²) in [6.45, 7) is 0. The molecule has 0 atom stereocenters. The molecule has 1 aromatic carbocycles. The number of hydrazone groups is 1. The number of carbonyl (C=O) groups excluding carboxylic acids is 1. The molecule has 0 aliphatic heterocycles. The molecular formula is C22H25ClN4OS. The molecule has 1 heterocycles. The average Bonchev–Trinajstić information content (AvgIpc) is 3.00. The van der Waals surface area contributed by atoms with Crippen LogP contribution in [0.1, 0.15) is 49.8 Å². The molecule has 2 aromatic rings. The van der Waals surface area contributed by atoms with Crippen molar-refractivity contribution >= 4 is 45.9 Å². The number of carbonyl (C=O) groups is 1. The maximum absolute atomic E-state index is 12.6. The predicted molar refractivity (Wildman–Crippen MR) is 118 cm³/mol. The fraction of sp³-hybridized carbons (Fsp3) is 0.500. The van der Waals surface area contributed by atoms with E-state index in [0.717, 1.165) is 28.3 Å². The smallest absolute Gasteiger partial charge is 0.240 e. The molecule has 7 heteroatoms. The van der Waals surface area contributed by atoms with Crippen LogP contribution >= 0.6 is 22.9 Å². The first-order valence-electron chi connectivity index (χ1n) is 10.4. The number of aromatic nitrogens is 1. The standard InChI is InChI=1S/C22H25ClN4OS/c23-20-18(29-21(26-20)25-17-4-2-1-3-5-17)13-24-27-19(28)12-22-9-14-6-15(10-22)8-16(7-14)11-22/h1-5,13-16H,6-12H2,(H,25,26)(H,27,28). The lowest BCUT2D eigenvalue weighted by Gasteiger charge is -2.56. The SMILES string of the molecule is O=C(CC12CC3CC(CC(C3)C1)C2)NN=Cc1sc(Nc2ccccc2)nc1Cl. The van der Waals surface area contributed by atoms with Crippen molar-refractivity contribution in [1.82, 2.24) is 10.4 Å². The Morgan fingerprint density at radius 1 is 1.17 bits per heavy atom. The maximum atomic E-state index is 12.6. The number of halogens is 1. The van der Waals surface area contributed by atoms with Gasteiger partial charge in [-0.2, -0.15) is 5.10 Å². The maximum Gasteiger partial charge on any atom is 0.240 e. The molecule has 0 spiro atoms. The number of anilines is 2. The van der Waals surface area contributed by atoms with E-state index in [1.54, 1.807) is 6.21 Å². The lowest BCUT2D eigenvalue weighted by molar-refractivity contribution is -0.129. The van der Waals surface area contributed by atoms with Gasteiger partial charge in [-0.15, -0.1) is 0 Å². The van der Waals surface area contributed by atoms with Crippen LogP contribution in [0.3, 0.4) is 0 Å². The van der Waals surface area contributed by atoms with Gasteiger partial charge < -0.3 is 5.32 Å². The van der Waals surface area contributed by atoms with E-state index in [9.17, 15) is 4.79 Å². The van der Waals surface area contributed by atoms with E-state index < -0.39 is 0 Å². The summed E-state index contributed by atoms with van der Waals surface area (Å²) in [5.41, 5.74) is 3.90. The minimum absolute atomic E-state index is 0.0199. The van der Waals surface area contributed by atoms with Gasteiger partial charge in [0.2, 0.25) is 5.91 Å². The summed E-state index contributed by atoms with van der Waals surface area (Å²) in [6, 6.07) is 9.81. The van der Waals surface area contributed by atoms with Crippen molar-refractivity contribution in [3.63, 3.8) is 0 Å². The molecule has 4 aliphatic carbocycles. The van der Waals surface area contributed by atoms with Crippen molar-refractivity contribution in [1.29, 1.82) is 0 Å². The van der Waals surface area contributed by atoms with E-state index in [4.69, 9.17) is 11.6 Å². The Hall–Kier alpha value is -1.92. The second-order valence-electron chi connectivity index (χ2n) is 9.05. The molecule has 0 saturated heterocycles. The monoisotopic (exact) mass is 428 g/mol. The van der Waals surface area contributed by atoms with E-state index in [2.05, 4.69) is 20.8 Å². The highest BCUT2D eigenvalue weighted by molar-refractivity contribution is 7.17. The molecule has 5 nitrogen and oxygen atoms in total. The second kappa shape index (κ2) is 7.73. The van der Waals surface area contributed by atoms with Crippen molar-refractivity contribution in [2.75, 3.05) is 5.32 Å². The van der Waals surface area contributed by atoms with Gasteiger partial charge in [-0.05, 0) is 73.8 Å². The first-order chi connectivity index (χ1) is 14.1. The topological polar surface area (TPSA) is 66.4 Å². The van der Waals surface area contributed by atoms with Crippen LogP contribution in [-0.4, -0.2) is 17.1 Å². The predicted octanol–water partition coefficient (Wildman–Crippen LogP) is 5.60. The lowest BCUT2D eigenvalue weighted by Crippen LogP contribution is -2.47. The first kappa shape index (κ1) is 19.1. The van der Waals surface area contributed by atoms with E-state index >= 15 is 0 Å². The van der Waals surface area contributed by atoms with Crippen LogP contribution in [-0.2, 0) is 4.79 Å². The van der Waals surface area contributed by atoms with E-state index in [1.807, 2.05) is 30.3 Å². The highest BCUT2D eigenvalue weighted by Gasteiger charge is 2.51. The van der Waals surface area contributed by atoms with Crippen LogP contribution in [0.2, 0.25) is 5.15 Å². The Kier molecular flexibility index (Phi) is 5.08. The van der Waals surface area contributed by atoms with Gasteiger partial charge in [0.1, 0.15) is 0 Å². The summed E-state index contributed by atoms with van der Waals surface area (Å²) in [5, 5.41) is 8.46. The molecule has 1 aromatic heterocycles. The van der Waals surface area contributed by atoms with Crippen molar-refractivity contribution in [2.45, 2.75) is 44.9 Å². The van der Waals surface area contributed by atoms with Gasteiger partial charge in [0.15, 0.2) is 10.3 Å². The van der Waals surface area contributed by atoms with Gasteiger partial charge >= 0.3 is 0 Å². The number of nitrogens with one attached hydrogen (secondary N) is 2. The minimum Gasteiger partial charge on any atom is -0.331 e. The first-order valence-corrected chi connectivity index (χ1v) is 11.6. The molecule has 1 amide bonds. The molecule has 6 rings (SSSR count). The third-order valence-corrected chi connectivity index (χ3v) is 8.01. The van der Waals surface area contributed by atoms with Crippen molar-refractivity contribution in [3.05, 3.63) is 40.4 Å². The summed E-state index contributed by atoms with van der Waals surface area (Å²) in [7, 11) is 0.